The second kappa shape index (κ2) is 7.32. The number of para-hydroxylation sites is 2. The third-order valence-electron chi connectivity index (χ3n) is 4.17. The average molecular weight is 352 g/mol. The van der Waals surface area contributed by atoms with E-state index in [1.54, 1.807) is 0 Å². The molecular weight excluding hydrogens is 324 g/mol. The van der Waals surface area contributed by atoms with Gasteiger partial charge in [-0.1, -0.05) is 77.9 Å². The van der Waals surface area contributed by atoms with Crippen molar-refractivity contribution in [2.24, 2.45) is 0 Å². The van der Waals surface area contributed by atoms with Gasteiger partial charge < -0.3 is 10.6 Å². The molecule has 2 aromatic rings. The number of carbonyl (C=O) groups excluding carboxylic acids is 2. The summed E-state index contributed by atoms with van der Waals surface area (Å²) in [6, 6.07) is 15.1. The van der Waals surface area contributed by atoms with Gasteiger partial charge in [0.2, 0.25) is 0 Å². The molecule has 0 aliphatic rings. The lowest BCUT2D eigenvalue weighted by Gasteiger charge is -2.24. The Hall–Kier alpha value is -2.62. The first-order valence-electron chi connectivity index (χ1n) is 8.81. The van der Waals surface area contributed by atoms with Gasteiger partial charge in [0.25, 0.3) is 0 Å². The minimum Gasteiger partial charge on any atom is -0.318 e. The van der Waals surface area contributed by atoms with Crippen LogP contribution in [0.4, 0.5) is 11.4 Å². The van der Waals surface area contributed by atoms with Gasteiger partial charge in [-0.05, 0) is 34.1 Å². The summed E-state index contributed by atoms with van der Waals surface area (Å²) in [5.74, 6) is -1.35. The molecule has 2 rings (SSSR count). The summed E-state index contributed by atoms with van der Waals surface area (Å²) in [5.41, 5.74) is 3.00. The number of hydrogen-bond acceptors (Lipinski definition) is 2. The standard InChI is InChI=1S/C22H28N2O2/c1-21(2,3)15-11-7-9-13-17(15)23-19(25)20(26)24-18-14-10-8-12-16(18)22(4,5)6/h7-14H,1-6H3,(H,23,25)(H,24,26). The van der Waals surface area contributed by atoms with E-state index in [9.17, 15) is 9.59 Å². The number of hydrogen-bond donors (Lipinski definition) is 2. The fraction of sp³-hybridized carbons (Fsp3) is 0.364. The SMILES string of the molecule is CC(C)(C)c1ccccc1NC(=O)C(=O)Nc1ccccc1C(C)(C)C. The van der Waals surface area contributed by atoms with Crippen molar-refractivity contribution < 1.29 is 9.59 Å². The lowest BCUT2D eigenvalue weighted by Crippen LogP contribution is -2.31. The summed E-state index contributed by atoms with van der Waals surface area (Å²) < 4.78 is 0. The lowest BCUT2D eigenvalue weighted by molar-refractivity contribution is -0.133. The third-order valence-corrected chi connectivity index (χ3v) is 4.17. The fourth-order valence-electron chi connectivity index (χ4n) is 2.85. The van der Waals surface area contributed by atoms with Crippen molar-refractivity contribution in [3.63, 3.8) is 0 Å². The van der Waals surface area contributed by atoms with E-state index in [-0.39, 0.29) is 10.8 Å². The molecule has 0 aliphatic carbocycles. The molecule has 0 fully saturated rings. The summed E-state index contributed by atoms with van der Waals surface area (Å²) in [7, 11) is 0. The van der Waals surface area contributed by atoms with Gasteiger partial charge in [0.1, 0.15) is 0 Å². The van der Waals surface area contributed by atoms with Crippen molar-refractivity contribution in [2.75, 3.05) is 10.6 Å². The molecule has 2 N–H and O–H groups in total. The number of benzene rings is 2. The predicted octanol–water partition coefficient (Wildman–Crippen LogP) is 4.86. The van der Waals surface area contributed by atoms with Crippen molar-refractivity contribution in [1.29, 1.82) is 0 Å². The maximum absolute atomic E-state index is 12.4. The van der Waals surface area contributed by atoms with Crippen molar-refractivity contribution >= 4 is 23.2 Å². The molecule has 0 heterocycles. The normalized spacial score (nSPS) is 11.8. The van der Waals surface area contributed by atoms with Crippen LogP contribution in [0.3, 0.4) is 0 Å². The molecule has 4 heteroatoms. The van der Waals surface area contributed by atoms with Crippen LogP contribution in [0, 0.1) is 0 Å². The minimum absolute atomic E-state index is 0.140. The van der Waals surface area contributed by atoms with Crippen LogP contribution >= 0.6 is 0 Å². The van der Waals surface area contributed by atoms with Crippen molar-refractivity contribution in [3.8, 4) is 0 Å². The highest BCUT2D eigenvalue weighted by atomic mass is 16.2. The zero-order valence-corrected chi connectivity index (χ0v) is 16.4. The molecule has 0 aromatic heterocycles. The van der Waals surface area contributed by atoms with Gasteiger partial charge in [0.15, 0.2) is 0 Å². The molecule has 0 spiro atoms. The molecule has 0 aliphatic heterocycles. The van der Waals surface area contributed by atoms with Gasteiger partial charge >= 0.3 is 11.8 Å². The van der Waals surface area contributed by atoms with Gasteiger partial charge in [0.05, 0.1) is 0 Å². The Morgan fingerprint density at radius 2 is 0.923 bits per heavy atom. The summed E-state index contributed by atoms with van der Waals surface area (Å²) in [4.78, 5) is 24.9. The minimum atomic E-state index is -0.676. The quantitative estimate of drug-likeness (QED) is 0.758. The highest BCUT2D eigenvalue weighted by Crippen LogP contribution is 2.30. The van der Waals surface area contributed by atoms with Gasteiger partial charge in [-0.15, -0.1) is 0 Å². The smallest absolute Gasteiger partial charge is 0.314 e. The molecule has 0 unspecified atom stereocenters. The average Bonchev–Trinajstić information content (AvgIpc) is 2.53. The number of amides is 2. The van der Waals surface area contributed by atoms with E-state index in [2.05, 4.69) is 52.2 Å². The topological polar surface area (TPSA) is 58.2 Å². The van der Waals surface area contributed by atoms with Gasteiger partial charge in [0, 0.05) is 11.4 Å². The number of carbonyl (C=O) groups is 2. The Morgan fingerprint density at radius 1 is 0.615 bits per heavy atom. The van der Waals surface area contributed by atoms with Crippen LogP contribution in [-0.4, -0.2) is 11.8 Å². The second-order valence-corrected chi connectivity index (χ2v) is 8.50. The lowest BCUT2D eigenvalue weighted by atomic mass is 9.85. The first-order valence-corrected chi connectivity index (χ1v) is 8.81. The first-order chi connectivity index (χ1) is 12.0. The van der Waals surface area contributed by atoms with E-state index in [1.165, 1.54) is 0 Å². The van der Waals surface area contributed by atoms with E-state index in [1.807, 2.05) is 48.5 Å². The van der Waals surface area contributed by atoms with E-state index in [0.29, 0.717) is 11.4 Å². The van der Waals surface area contributed by atoms with Crippen LogP contribution in [0.2, 0.25) is 0 Å². The Bertz CT molecular complexity index is 742. The predicted molar refractivity (Wildman–Crippen MR) is 108 cm³/mol. The van der Waals surface area contributed by atoms with Crippen molar-refractivity contribution in [1.82, 2.24) is 0 Å². The Morgan fingerprint density at radius 3 is 1.23 bits per heavy atom. The molecule has 0 atom stereocenters. The fourth-order valence-corrected chi connectivity index (χ4v) is 2.85. The van der Waals surface area contributed by atoms with Gasteiger partial charge in [-0.25, -0.2) is 0 Å². The molecule has 138 valence electrons. The maximum Gasteiger partial charge on any atom is 0.314 e. The van der Waals surface area contributed by atoms with Crippen molar-refractivity contribution in [3.05, 3.63) is 59.7 Å². The van der Waals surface area contributed by atoms with Crippen LogP contribution in [0.1, 0.15) is 52.7 Å². The monoisotopic (exact) mass is 352 g/mol. The van der Waals surface area contributed by atoms with E-state index >= 15 is 0 Å². The first kappa shape index (κ1) is 19.7. The number of anilines is 2. The van der Waals surface area contributed by atoms with Crippen LogP contribution in [0.15, 0.2) is 48.5 Å². The van der Waals surface area contributed by atoms with Crippen LogP contribution < -0.4 is 10.6 Å². The molecule has 0 saturated carbocycles. The van der Waals surface area contributed by atoms with Crippen LogP contribution in [0.5, 0.6) is 0 Å². The maximum atomic E-state index is 12.4. The highest BCUT2D eigenvalue weighted by Gasteiger charge is 2.23. The molecule has 2 aromatic carbocycles. The summed E-state index contributed by atoms with van der Waals surface area (Å²) in [6.45, 7) is 12.4. The largest absolute Gasteiger partial charge is 0.318 e. The highest BCUT2D eigenvalue weighted by molar-refractivity contribution is 6.43. The van der Waals surface area contributed by atoms with Crippen molar-refractivity contribution in [2.45, 2.75) is 52.4 Å². The number of rotatable bonds is 2. The summed E-state index contributed by atoms with van der Waals surface area (Å²) >= 11 is 0. The second-order valence-electron chi connectivity index (χ2n) is 8.50. The Labute approximate surface area is 156 Å². The van der Waals surface area contributed by atoms with Crippen LogP contribution in [0.25, 0.3) is 0 Å². The molecular formula is C22H28N2O2. The Kier molecular flexibility index (Phi) is 5.55. The molecule has 0 radical (unpaired) electrons. The van der Waals surface area contributed by atoms with E-state index in [4.69, 9.17) is 0 Å². The zero-order chi connectivity index (χ0) is 19.5. The third kappa shape index (κ3) is 4.72. The molecule has 0 bridgehead atoms. The molecule has 0 saturated heterocycles. The summed E-state index contributed by atoms with van der Waals surface area (Å²) in [6.07, 6.45) is 0. The Balaban J connectivity index is 2.20. The van der Waals surface area contributed by atoms with E-state index < -0.39 is 11.8 Å². The molecule has 26 heavy (non-hydrogen) atoms. The van der Waals surface area contributed by atoms with E-state index in [0.717, 1.165) is 11.1 Å². The van der Waals surface area contributed by atoms with Gasteiger partial charge in [-0.3, -0.25) is 9.59 Å². The summed E-state index contributed by atoms with van der Waals surface area (Å²) in [5, 5.41) is 5.49. The molecule has 2 amide bonds. The number of nitrogens with one attached hydrogen (secondary N) is 2. The van der Waals surface area contributed by atoms with Crippen LogP contribution in [-0.2, 0) is 20.4 Å². The zero-order valence-electron chi connectivity index (χ0n) is 16.4. The molecule has 4 nitrogen and oxygen atoms in total. The van der Waals surface area contributed by atoms with Gasteiger partial charge in [-0.2, -0.15) is 0 Å².